The highest BCUT2D eigenvalue weighted by atomic mass is 16.1. The van der Waals surface area contributed by atoms with Gasteiger partial charge in [0.2, 0.25) is 0 Å². The zero-order valence-electron chi connectivity index (χ0n) is 20.9. The minimum Gasteiger partial charge on any atom is -0.369 e. The van der Waals surface area contributed by atoms with Crippen molar-refractivity contribution < 1.29 is 0 Å². The van der Waals surface area contributed by atoms with Crippen molar-refractivity contribution in [1.82, 2.24) is 30.1 Å². The minimum absolute atomic E-state index is 0.0966. The van der Waals surface area contributed by atoms with Gasteiger partial charge in [-0.1, -0.05) is 31.2 Å². The maximum absolute atomic E-state index is 13.4. The molecule has 4 aromatic rings. The highest BCUT2D eigenvalue weighted by Gasteiger charge is 2.35. The molecule has 1 aliphatic rings. The van der Waals surface area contributed by atoms with Gasteiger partial charge in [0.25, 0.3) is 5.56 Å². The topological polar surface area (TPSA) is 82.9 Å². The molecule has 1 atom stereocenters. The van der Waals surface area contributed by atoms with Gasteiger partial charge < -0.3 is 9.88 Å². The number of H-pyrrole nitrogens is 1. The Morgan fingerprint density at radius 3 is 2.43 bits per heavy atom. The zero-order chi connectivity index (χ0) is 24.6. The number of nitrogens with one attached hydrogen (secondary N) is 1. The van der Waals surface area contributed by atoms with Crippen molar-refractivity contribution in [1.29, 1.82) is 0 Å². The number of fused-ring (bicyclic) bond motifs is 1. The van der Waals surface area contributed by atoms with Crippen LogP contribution in [0.4, 0.5) is 5.69 Å². The summed E-state index contributed by atoms with van der Waals surface area (Å²) in [6.45, 7) is 11.7. The molecule has 3 heterocycles. The molecule has 1 aliphatic heterocycles. The van der Waals surface area contributed by atoms with Crippen LogP contribution in [-0.2, 0) is 12.0 Å². The van der Waals surface area contributed by atoms with Gasteiger partial charge in [-0.25, -0.2) is 4.68 Å². The van der Waals surface area contributed by atoms with Gasteiger partial charge in [-0.15, -0.1) is 5.10 Å². The zero-order valence-corrected chi connectivity index (χ0v) is 20.9. The standard InChI is InChI=1S/C27H33N7O/c1-5-19-11-12-23-20(17-19)18-22(26(35)28-23)24(25-29-30-31-34(25)27(2,3)4)33-15-13-32(14-16-33)21-9-7-6-8-10-21/h6-12,17-18,24H,5,13-16H2,1-4H3,(H,28,35). The van der Waals surface area contributed by atoms with E-state index in [0.29, 0.717) is 11.4 Å². The Bertz CT molecular complexity index is 1360. The van der Waals surface area contributed by atoms with Gasteiger partial charge in [0.15, 0.2) is 5.82 Å². The number of hydrogen-bond acceptors (Lipinski definition) is 6. The van der Waals surface area contributed by atoms with Gasteiger partial charge in [-0.2, -0.15) is 0 Å². The second kappa shape index (κ2) is 9.26. The van der Waals surface area contributed by atoms with Gasteiger partial charge in [-0.3, -0.25) is 9.69 Å². The summed E-state index contributed by atoms with van der Waals surface area (Å²) < 4.78 is 1.85. The molecule has 5 rings (SSSR count). The van der Waals surface area contributed by atoms with E-state index in [-0.39, 0.29) is 17.1 Å². The molecule has 2 aromatic heterocycles. The Morgan fingerprint density at radius 2 is 1.74 bits per heavy atom. The van der Waals surface area contributed by atoms with Crippen LogP contribution < -0.4 is 10.5 Å². The molecule has 0 amide bonds. The van der Waals surface area contributed by atoms with Crippen LogP contribution in [0.15, 0.2) is 59.4 Å². The van der Waals surface area contributed by atoms with Crippen molar-refractivity contribution in [2.24, 2.45) is 0 Å². The lowest BCUT2D eigenvalue weighted by molar-refractivity contribution is 0.190. The lowest BCUT2D eigenvalue weighted by Crippen LogP contribution is -2.49. The molecule has 1 unspecified atom stereocenters. The van der Waals surface area contributed by atoms with Crippen LogP contribution in [0, 0.1) is 0 Å². The van der Waals surface area contributed by atoms with E-state index in [0.717, 1.165) is 43.5 Å². The maximum Gasteiger partial charge on any atom is 0.253 e. The summed E-state index contributed by atoms with van der Waals surface area (Å²) >= 11 is 0. The summed E-state index contributed by atoms with van der Waals surface area (Å²) in [4.78, 5) is 21.3. The number of para-hydroxylation sites is 1. The van der Waals surface area contributed by atoms with E-state index >= 15 is 0 Å². The van der Waals surface area contributed by atoms with Gasteiger partial charge in [0.05, 0.1) is 5.54 Å². The first kappa shape index (κ1) is 23.2. The molecule has 2 aromatic carbocycles. The van der Waals surface area contributed by atoms with Gasteiger partial charge >= 0.3 is 0 Å². The predicted molar refractivity (Wildman–Crippen MR) is 139 cm³/mol. The highest BCUT2D eigenvalue weighted by Crippen LogP contribution is 2.31. The molecule has 1 N–H and O–H groups in total. The van der Waals surface area contributed by atoms with Crippen LogP contribution in [-0.4, -0.2) is 56.3 Å². The molecule has 0 saturated carbocycles. The summed E-state index contributed by atoms with van der Waals surface area (Å²) in [6, 6.07) is 18.4. The van der Waals surface area contributed by atoms with E-state index in [1.165, 1.54) is 11.3 Å². The van der Waals surface area contributed by atoms with E-state index in [9.17, 15) is 4.79 Å². The van der Waals surface area contributed by atoms with Crippen LogP contribution >= 0.6 is 0 Å². The monoisotopic (exact) mass is 471 g/mol. The van der Waals surface area contributed by atoms with Crippen molar-refractivity contribution in [2.45, 2.75) is 45.7 Å². The molecule has 0 radical (unpaired) electrons. The molecule has 0 spiro atoms. The Balaban J connectivity index is 1.57. The van der Waals surface area contributed by atoms with Crippen molar-refractivity contribution in [3.05, 3.63) is 81.9 Å². The average molecular weight is 472 g/mol. The number of rotatable bonds is 5. The number of piperazine rings is 1. The van der Waals surface area contributed by atoms with Crippen LogP contribution in [0.1, 0.15) is 50.7 Å². The van der Waals surface area contributed by atoms with E-state index in [1.807, 2.05) is 22.9 Å². The molecule has 182 valence electrons. The lowest BCUT2D eigenvalue weighted by atomic mass is 10.00. The van der Waals surface area contributed by atoms with Gasteiger partial charge in [0, 0.05) is 42.9 Å². The number of benzene rings is 2. The van der Waals surface area contributed by atoms with Gasteiger partial charge in [0.1, 0.15) is 6.04 Å². The summed E-state index contributed by atoms with van der Waals surface area (Å²) in [5, 5.41) is 13.8. The van der Waals surface area contributed by atoms with E-state index < -0.39 is 0 Å². The van der Waals surface area contributed by atoms with Crippen LogP contribution in [0.5, 0.6) is 0 Å². The first-order chi connectivity index (χ1) is 16.8. The van der Waals surface area contributed by atoms with E-state index in [4.69, 9.17) is 0 Å². The smallest absolute Gasteiger partial charge is 0.253 e. The van der Waals surface area contributed by atoms with Crippen LogP contribution in [0.2, 0.25) is 0 Å². The third kappa shape index (κ3) is 4.58. The van der Waals surface area contributed by atoms with Crippen molar-refractivity contribution in [3.63, 3.8) is 0 Å². The van der Waals surface area contributed by atoms with Crippen molar-refractivity contribution in [3.8, 4) is 0 Å². The minimum atomic E-state index is -0.347. The first-order valence-electron chi connectivity index (χ1n) is 12.3. The second-order valence-corrected chi connectivity index (χ2v) is 10.2. The normalized spacial score (nSPS) is 16.1. The maximum atomic E-state index is 13.4. The van der Waals surface area contributed by atoms with E-state index in [1.54, 1.807) is 0 Å². The molecule has 0 aliphatic carbocycles. The third-order valence-electron chi connectivity index (χ3n) is 6.81. The average Bonchev–Trinajstić information content (AvgIpc) is 3.35. The molecule has 1 saturated heterocycles. The SMILES string of the molecule is CCc1ccc2[nH]c(=O)c(C(c3nnnn3C(C)(C)C)N3CCN(c4ccccc4)CC3)cc2c1. The first-order valence-corrected chi connectivity index (χ1v) is 12.3. The summed E-state index contributed by atoms with van der Waals surface area (Å²) in [7, 11) is 0. The number of hydrogen-bond donors (Lipinski definition) is 1. The molecule has 8 nitrogen and oxygen atoms in total. The predicted octanol–water partition coefficient (Wildman–Crippen LogP) is 3.74. The number of nitrogens with zero attached hydrogens (tertiary/aromatic N) is 6. The summed E-state index contributed by atoms with van der Waals surface area (Å²) in [6.07, 6.45) is 0.942. The highest BCUT2D eigenvalue weighted by molar-refractivity contribution is 5.80. The number of aromatic amines is 1. The van der Waals surface area contributed by atoms with Crippen molar-refractivity contribution in [2.75, 3.05) is 31.1 Å². The fourth-order valence-electron chi connectivity index (χ4n) is 4.91. The fourth-order valence-corrected chi connectivity index (χ4v) is 4.91. The van der Waals surface area contributed by atoms with Crippen LogP contribution in [0.3, 0.4) is 0 Å². The number of aryl methyl sites for hydroxylation is 1. The molecule has 35 heavy (non-hydrogen) atoms. The van der Waals surface area contributed by atoms with Gasteiger partial charge in [-0.05, 0) is 78.9 Å². The number of pyridine rings is 1. The molecule has 1 fully saturated rings. The Labute approximate surface area is 205 Å². The molecular weight excluding hydrogens is 438 g/mol. The second-order valence-electron chi connectivity index (χ2n) is 10.2. The Morgan fingerprint density at radius 1 is 1.00 bits per heavy atom. The number of tetrazole rings is 1. The third-order valence-corrected chi connectivity index (χ3v) is 6.81. The fraction of sp³-hybridized carbons (Fsp3) is 0.407. The number of anilines is 1. The molecular formula is C27H33N7O. The number of aromatic nitrogens is 5. The Kier molecular flexibility index (Phi) is 6.15. The molecule has 8 heteroatoms. The van der Waals surface area contributed by atoms with Crippen LogP contribution in [0.25, 0.3) is 10.9 Å². The summed E-state index contributed by atoms with van der Waals surface area (Å²) in [5.74, 6) is 0.696. The molecule has 0 bridgehead atoms. The van der Waals surface area contributed by atoms with E-state index in [2.05, 4.69) is 94.4 Å². The van der Waals surface area contributed by atoms with Crippen molar-refractivity contribution >= 4 is 16.6 Å². The lowest BCUT2D eigenvalue weighted by Gasteiger charge is -2.40. The summed E-state index contributed by atoms with van der Waals surface area (Å²) in [5.41, 5.74) is 3.57. The largest absolute Gasteiger partial charge is 0.369 e. The Hall–Kier alpha value is -3.52. The quantitative estimate of drug-likeness (QED) is 0.477.